The van der Waals surface area contributed by atoms with Gasteiger partial charge in [0.05, 0.1) is 0 Å². The third-order valence-electron chi connectivity index (χ3n) is 0.787. The first-order valence-corrected chi connectivity index (χ1v) is 4.20. The summed E-state index contributed by atoms with van der Waals surface area (Å²) >= 11 is 0. The standard InChI is InChI=1S/C6H4F2.2C2H6/c7-5-2-1-3-6(8)4-5;2*1-2/h1-4H;2*1-2H3. The van der Waals surface area contributed by atoms with Gasteiger partial charge in [0.2, 0.25) is 0 Å². The minimum atomic E-state index is -0.537. The SMILES string of the molecule is CC.CC.Fc1cccc(F)c1. The van der Waals surface area contributed by atoms with Crippen LogP contribution in [0.5, 0.6) is 0 Å². The predicted molar refractivity (Wildman–Crippen MR) is 49.1 cm³/mol. The second-order valence-corrected chi connectivity index (χ2v) is 1.44. The summed E-state index contributed by atoms with van der Waals surface area (Å²) in [5, 5.41) is 0. The fourth-order valence-electron chi connectivity index (χ4n) is 0.460. The van der Waals surface area contributed by atoms with Crippen molar-refractivity contribution in [3.63, 3.8) is 0 Å². The second-order valence-electron chi connectivity index (χ2n) is 1.44. The summed E-state index contributed by atoms with van der Waals surface area (Å²) in [5.41, 5.74) is 0. The zero-order valence-corrected chi connectivity index (χ0v) is 8.07. The molecule has 0 N–H and O–H groups in total. The summed E-state index contributed by atoms with van der Waals surface area (Å²) in [6, 6.07) is 4.55. The molecule has 0 atom stereocenters. The normalized spacial score (nSPS) is 7.17. The molecule has 0 aliphatic rings. The number of hydrogen-bond donors (Lipinski definition) is 0. The van der Waals surface area contributed by atoms with Gasteiger partial charge in [0.25, 0.3) is 0 Å². The van der Waals surface area contributed by atoms with Crippen LogP contribution < -0.4 is 0 Å². The Hall–Kier alpha value is -0.920. The molecule has 1 aromatic rings. The van der Waals surface area contributed by atoms with Gasteiger partial charge in [-0.05, 0) is 12.1 Å². The maximum atomic E-state index is 11.9. The van der Waals surface area contributed by atoms with Crippen LogP contribution in [-0.4, -0.2) is 0 Å². The third-order valence-corrected chi connectivity index (χ3v) is 0.787. The zero-order valence-electron chi connectivity index (χ0n) is 8.07. The lowest BCUT2D eigenvalue weighted by Gasteiger charge is -1.84. The molecule has 1 aromatic carbocycles. The molecule has 0 unspecified atom stereocenters. The van der Waals surface area contributed by atoms with E-state index in [2.05, 4.69) is 0 Å². The van der Waals surface area contributed by atoms with E-state index in [9.17, 15) is 8.78 Å². The van der Waals surface area contributed by atoms with Gasteiger partial charge in [-0.2, -0.15) is 0 Å². The summed E-state index contributed by atoms with van der Waals surface area (Å²) < 4.78 is 23.9. The molecule has 0 saturated heterocycles. The van der Waals surface area contributed by atoms with Gasteiger partial charge in [0.15, 0.2) is 0 Å². The molecule has 0 spiro atoms. The molecule has 0 amide bonds. The second kappa shape index (κ2) is 10.1. The number of hydrogen-bond acceptors (Lipinski definition) is 0. The zero-order chi connectivity index (χ0) is 9.98. The number of halogens is 2. The Labute approximate surface area is 73.2 Å². The maximum absolute atomic E-state index is 11.9. The first kappa shape index (κ1) is 13.7. The Bertz CT molecular complexity index is 168. The van der Waals surface area contributed by atoms with E-state index < -0.39 is 11.6 Å². The van der Waals surface area contributed by atoms with Gasteiger partial charge in [-0.15, -0.1) is 0 Å². The van der Waals surface area contributed by atoms with Crippen LogP contribution >= 0.6 is 0 Å². The lowest BCUT2D eigenvalue weighted by atomic mass is 10.3. The minimum Gasteiger partial charge on any atom is -0.207 e. The molecule has 70 valence electrons. The van der Waals surface area contributed by atoms with Crippen molar-refractivity contribution in [2.24, 2.45) is 0 Å². The molecule has 0 radical (unpaired) electrons. The highest BCUT2D eigenvalue weighted by molar-refractivity contribution is 5.04. The third kappa shape index (κ3) is 7.19. The lowest BCUT2D eigenvalue weighted by Crippen LogP contribution is -1.73. The van der Waals surface area contributed by atoms with E-state index in [0.29, 0.717) is 0 Å². The van der Waals surface area contributed by atoms with Crippen LogP contribution in [0.1, 0.15) is 27.7 Å². The van der Waals surface area contributed by atoms with E-state index in [1.54, 1.807) is 0 Å². The van der Waals surface area contributed by atoms with Gasteiger partial charge in [-0.3, -0.25) is 0 Å². The van der Waals surface area contributed by atoms with E-state index in [0.717, 1.165) is 6.07 Å². The van der Waals surface area contributed by atoms with E-state index in [1.165, 1.54) is 18.2 Å². The average Bonchev–Trinajstić information content (AvgIpc) is 2.11. The first-order chi connectivity index (χ1) is 5.79. The summed E-state index contributed by atoms with van der Waals surface area (Å²) in [6.45, 7) is 8.00. The molecule has 1 rings (SSSR count). The molecule has 0 saturated carbocycles. The Morgan fingerprint density at radius 2 is 1.17 bits per heavy atom. The molecule has 0 fully saturated rings. The molecule has 0 heterocycles. The molecule has 0 aliphatic heterocycles. The van der Waals surface area contributed by atoms with Gasteiger partial charge in [0, 0.05) is 6.07 Å². The molecule has 12 heavy (non-hydrogen) atoms. The average molecular weight is 174 g/mol. The Balaban J connectivity index is 0. The smallest absolute Gasteiger partial charge is 0.126 e. The first-order valence-electron chi connectivity index (χ1n) is 4.20. The highest BCUT2D eigenvalue weighted by Gasteiger charge is 1.88. The van der Waals surface area contributed by atoms with Crippen LogP contribution in [-0.2, 0) is 0 Å². The Morgan fingerprint density at radius 3 is 1.33 bits per heavy atom. The summed E-state index contributed by atoms with van der Waals surface area (Å²) in [4.78, 5) is 0. The molecular formula is C10H16F2. The molecule has 0 bridgehead atoms. The van der Waals surface area contributed by atoms with Crippen LogP contribution in [0, 0.1) is 11.6 Å². The van der Waals surface area contributed by atoms with E-state index >= 15 is 0 Å². The van der Waals surface area contributed by atoms with Crippen molar-refractivity contribution in [3.05, 3.63) is 35.9 Å². The molecule has 2 heteroatoms. The van der Waals surface area contributed by atoms with Crippen LogP contribution in [0.3, 0.4) is 0 Å². The fourth-order valence-corrected chi connectivity index (χ4v) is 0.460. The van der Waals surface area contributed by atoms with Crippen LogP contribution in [0.4, 0.5) is 8.78 Å². The van der Waals surface area contributed by atoms with Gasteiger partial charge < -0.3 is 0 Å². The Morgan fingerprint density at radius 1 is 0.833 bits per heavy atom. The van der Waals surface area contributed by atoms with Gasteiger partial charge in [-0.1, -0.05) is 33.8 Å². The van der Waals surface area contributed by atoms with E-state index in [-0.39, 0.29) is 0 Å². The van der Waals surface area contributed by atoms with Crippen LogP contribution in [0.2, 0.25) is 0 Å². The van der Waals surface area contributed by atoms with Crippen LogP contribution in [0.25, 0.3) is 0 Å². The van der Waals surface area contributed by atoms with Crippen molar-refractivity contribution in [1.29, 1.82) is 0 Å². The largest absolute Gasteiger partial charge is 0.207 e. The number of rotatable bonds is 0. The summed E-state index contributed by atoms with van der Waals surface area (Å²) in [7, 11) is 0. The number of benzene rings is 1. The monoisotopic (exact) mass is 174 g/mol. The van der Waals surface area contributed by atoms with Gasteiger partial charge >= 0.3 is 0 Å². The van der Waals surface area contributed by atoms with Crippen molar-refractivity contribution < 1.29 is 8.78 Å². The van der Waals surface area contributed by atoms with Gasteiger partial charge in [-0.25, -0.2) is 8.78 Å². The molecule has 0 nitrogen and oxygen atoms in total. The highest BCUT2D eigenvalue weighted by Crippen LogP contribution is 1.99. The molecule has 0 aromatic heterocycles. The quantitative estimate of drug-likeness (QED) is 0.557. The van der Waals surface area contributed by atoms with Crippen LogP contribution in [0.15, 0.2) is 24.3 Å². The van der Waals surface area contributed by atoms with Crippen molar-refractivity contribution in [3.8, 4) is 0 Å². The minimum absolute atomic E-state index is 0.537. The fraction of sp³-hybridized carbons (Fsp3) is 0.400. The lowest BCUT2D eigenvalue weighted by molar-refractivity contribution is 0.583. The molecule has 0 aliphatic carbocycles. The topological polar surface area (TPSA) is 0 Å². The van der Waals surface area contributed by atoms with E-state index in [1.807, 2.05) is 27.7 Å². The van der Waals surface area contributed by atoms with Crippen molar-refractivity contribution in [2.75, 3.05) is 0 Å². The van der Waals surface area contributed by atoms with Crippen molar-refractivity contribution in [1.82, 2.24) is 0 Å². The maximum Gasteiger partial charge on any atom is 0.126 e. The predicted octanol–water partition coefficient (Wildman–Crippen LogP) is 4.02. The summed E-state index contributed by atoms with van der Waals surface area (Å²) in [6.07, 6.45) is 0. The van der Waals surface area contributed by atoms with Crippen molar-refractivity contribution >= 4 is 0 Å². The van der Waals surface area contributed by atoms with Crippen molar-refractivity contribution in [2.45, 2.75) is 27.7 Å². The molecular weight excluding hydrogens is 158 g/mol. The van der Waals surface area contributed by atoms with Gasteiger partial charge in [0.1, 0.15) is 11.6 Å². The highest BCUT2D eigenvalue weighted by atomic mass is 19.1. The van der Waals surface area contributed by atoms with E-state index in [4.69, 9.17) is 0 Å². The Kier molecular flexibility index (Phi) is 11.5. The summed E-state index contributed by atoms with van der Waals surface area (Å²) in [5.74, 6) is -1.07.